The van der Waals surface area contributed by atoms with Gasteiger partial charge in [-0.1, -0.05) is 41.5 Å². The van der Waals surface area contributed by atoms with E-state index in [4.69, 9.17) is 28.8 Å². The van der Waals surface area contributed by atoms with E-state index in [-0.39, 0.29) is 54.4 Å². The number of rotatable bonds is 8. The van der Waals surface area contributed by atoms with Gasteiger partial charge in [0.05, 0.1) is 18.9 Å². The van der Waals surface area contributed by atoms with E-state index in [9.17, 15) is 14.4 Å². The Kier molecular flexibility index (Phi) is 6.50. The largest absolute Gasteiger partial charge is 0.481 e. The van der Waals surface area contributed by atoms with E-state index >= 15 is 0 Å². The molecule has 0 aromatic heterocycles. The van der Waals surface area contributed by atoms with E-state index in [0.717, 1.165) is 17.6 Å². The van der Waals surface area contributed by atoms with Gasteiger partial charge in [-0.05, 0) is 56.3 Å². The van der Waals surface area contributed by atoms with E-state index in [1.54, 1.807) is 0 Å². The fraction of sp³-hybridized carbons (Fsp3) is 0.833. The van der Waals surface area contributed by atoms with E-state index < -0.39 is 34.8 Å². The maximum atomic E-state index is 12.7. The van der Waals surface area contributed by atoms with Crippen LogP contribution in [0.3, 0.4) is 0 Å². The van der Waals surface area contributed by atoms with Crippen LogP contribution in [0.25, 0.3) is 0 Å². The number of aliphatic carboxylic acids is 1. The number of hydrogen-bond donors (Lipinski definition) is 1. The average Bonchev–Trinajstić information content (AvgIpc) is 3.83. The highest BCUT2D eigenvalue weighted by Crippen LogP contribution is 2.83. The predicted octanol–water partition coefficient (Wildman–Crippen LogP) is 2.87. The second-order valence-electron chi connectivity index (χ2n) is 12.9. The standard InChI is InChI=1S/C24H28O9.C6H15N/c1-10(2)22-17(32-22)18-24(33-18)21(3)7-6-11-12(9-29-19(11)28)13(21)8-14-23(24,31-14)20(22)30-16(27)5-4-15(25)26;1-4-7(5-2)6-3/h10,13-14,17-18,20H,4-9H2,1-3H3,(H,25,26);4-6H2,1-3H3/t13?,14-,17-,18-,20+,21-,22-,23+,24+;/m0./s1. The number of carbonyl (C=O) groups excluding carboxylic acids is 2. The number of hydrogen-bond acceptors (Lipinski definition) is 9. The molecule has 0 aromatic rings. The number of carboxylic acid groups (broad SMARTS) is 1. The lowest BCUT2D eigenvalue weighted by Crippen LogP contribution is -2.70. The molecular weight excluding hydrogens is 518 g/mol. The smallest absolute Gasteiger partial charge is 0.334 e. The quantitative estimate of drug-likeness (QED) is 0.349. The van der Waals surface area contributed by atoms with Crippen LogP contribution in [-0.2, 0) is 38.1 Å². The lowest BCUT2D eigenvalue weighted by atomic mass is 9.46. The molecule has 2 saturated carbocycles. The van der Waals surface area contributed by atoms with Crippen LogP contribution >= 0.6 is 0 Å². The summed E-state index contributed by atoms with van der Waals surface area (Å²) >= 11 is 0. The van der Waals surface area contributed by atoms with Gasteiger partial charge in [0.15, 0.2) is 11.7 Å². The first kappa shape index (κ1) is 28.1. The number of carboxylic acids is 1. The van der Waals surface area contributed by atoms with Gasteiger partial charge in [0.2, 0.25) is 0 Å². The summed E-state index contributed by atoms with van der Waals surface area (Å²) in [7, 11) is 0. The van der Waals surface area contributed by atoms with Crippen LogP contribution in [0, 0.1) is 17.3 Å². The summed E-state index contributed by atoms with van der Waals surface area (Å²) in [5, 5.41) is 9.00. The SMILES string of the molecule is CC(C)[C@]12O[C@H]1[C@@H]1O[C@]13[C@]1(O[C@H]1CC1C4=C(CC[C@@]13C)C(=O)OC4)[C@@H]2OC(=O)CCC(=O)O.CCN(CC)CC. The van der Waals surface area contributed by atoms with Gasteiger partial charge in [-0.2, -0.15) is 0 Å². The normalized spacial score (nSPS) is 44.6. The number of nitrogens with zero attached hydrogens (tertiary/aromatic N) is 1. The first-order valence-corrected chi connectivity index (χ1v) is 15.0. The minimum atomic E-state index is -1.04. The van der Waals surface area contributed by atoms with Crippen LogP contribution in [0.4, 0.5) is 0 Å². The van der Waals surface area contributed by atoms with Crippen molar-refractivity contribution in [2.75, 3.05) is 26.2 Å². The van der Waals surface area contributed by atoms with Crippen molar-refractivity contribution in [3.8, 4) is 0 Å². The summed E-state index contributed by atoms with van der Waals surface area (Å²) in [6.45, 7) is 16.8. The fourth-order valence-electron chi connectivity index (χ4n) is 8.91. The average molecular weight is 562 g/mol. The van der Waals surface area contributed by atoms with Gasteiger partial charge in [0, 0.05) is 11.0 Å². The summed E-state index contributed by atoms with van der Waals surface area (Å²) in [4.78, 5) is 38.4. The third-order valence-electron chi connectivity index (χ3n) is 11.2. The monoisotopic (exact) mass is 561 g/mol. The molecule has 40 heavy (non-hydrogen) atoms. The van der Waals surface area contributed by atoms with Crippen molar-refractivity contribution in [2.45, 2.75) is 115 Å². The van der Waals surface area contributed by atoms with Crippen molar-refractivity contribution in [2.24, 2.45) is 17.3 Å². The van der Waals surface area contributed by atoms with Gasteiger partial charge in [-0.25, -0.2) is 4.79 Å². The predicted molar refractivity (Wildman–Crippen MR) is 141 cm³/mol. The number of esters is 2. The molecule has 9 atom stereocenters. The molecule has 0 radical (unpaired) electrons. The highest BCUT2D eigenvalue weighted by molar-refractivity contribution is 5.92. The summed E-state index contributed by atoms with van der Waals surface area (Å²) in [5.74, 6) is -1.63. The van der Waals surface area contributed by atoms with Crippen molar-refractivity contribution in [1.29, 1.82) is 0 Å². The van der Waals surface area contributed by atoms with E-state index in [1.807, 2.05) is 13.8 Å². The van der Waals surface area contributed by atoms with E-state index in [0.29, 0.717) is 19.4 Å². The minimum absolute atomic E-state index is 0.0632. The van der Waals surface area contributed by atoms with Gasteiger partial charge >= 0.3 is 17.9 Å². The second-order valence-corrected chi connectivity index (χ2v) is 12.9. The summed E-state index contributed by atoms with van der Waals surface area (Å²) < 4.78 is 30.9. The molecule has 0 bridgehead atoms. The van der Waals surface area contributed by atoms with Gasteiger partial charge in [-0.15, -0.1) is 0 Å². The Labute approximate surface area is 235 Å². The number of fused-ring (bicyclic) bond motifs is 4. The zero-order valence-electron chi connectivity index (χ0n) is 24.5. The lowest BCUT2D eigenvalue weighted by Gasteiger charge is -2.53. The van der Waals surface area contributed by atoms with Crippen LogP contribution in [-0.4, -0.2) is 95.4 Å². The van der Waals surface area contributed by atoms with Crippen LogP contribution < -0.4 is 0 Å². The van der Waals surface area contributed by atoms with Gasteiger partial charge in [0.1, 0.15) is 30.0 Å². The Morgan fingerprint density at radius 3 is 2.38 bits per heavy atom. The number of carbonyl (C=O) groups is 3. The van der Waals surface area contributed by atoms with Gasteiger partial charge in [-0.3, -0.25) is 9.59 Å². The molecule has 3 saturated heterocycles. The van der Waals surface area contributed by atoms with Crippen molar-refractivity contribution >= 4 is 17.9 Å². The van der Waals surface area contributed by atoms with Gasteiger partial charge in [0.25, 0.3) is 0 Å². The minimum Gasteiger partial charge on any atom is -0.481 e. The molecule has 222 valence electrons. The van der Waals surface area contributed by atoms with E-state index in [1.165, 1.54) is 19.6 Å². The zero-order valence-corrected chi connectivity index (χ0v) is 24.5. The molecule has 2 spiro atoms. The molecule has 10 heteroatoms. The molecule has 1 unspecified atom stereocenters. The van der Waals surface area contributed by atoms with Crippen LogP contribution in [0.5, 0.6) is 0 Å². The van der Waals surface area contributed by atoms with Crippen molar-refractivity contribution in [3.63, 3.8) is 0 Å². The number of epoxide rings is 3. The Morgan fingerprint density at radius 1 is 1.07 bits per heavy atom. The molecule has 4 heterocycles. The Balaban J connectivity index is 0.000000370. The first-order valence-electron chi connectivity index (χ1n) is 15.0. The van der Waals surface area contributed by atoms with Crippen molar-refractivity contribution in [1.82, 2.24) is 4.90 Å². The molecule has 3 aliphatic carbocycles. The molecule has 0 aromatic carbocycles. The third-order valence-corrected chi connectivity index (χ3v) is 11.2. The lowest BCUT2D eigenvalue weighted by molar-refractivity contribution is -0.170. The van der Waals surface area contributed by atoms with Crippen LogP contribution in [0.2, 0.25) is 0 Å². The Morgan fingerprint density at radius 2 is 1.77 bits per heavy atom. The molecule has 7 rings (SSSR count). The topological polar surface area (TPSA) is 131 Å². The summed E-state index contributed by atoms with van der Waals surface area (Å²) in [6.07, 6.45) is 0.464. The molecule has 5 fully saturated rings. The first-order chi connectivity index (χ1) is 19.0. The molecular formula is C30H43NO9. The third kappa shape index (κ3) is 3.45. The second kappa shape index (κ2) is 9.24. The van der Waals surface area contributed by atoms with Gasteiger partial charge < -0.3 is 33.7 Å². The molecule has 1 N–H and O–H groups in total. The summed E-state index contributed by atoms with van der Waals surface area (Å²) in [5.41, 5.74) is -0.569. The number of cyclic esters (lactones) is 1. The van der Waals surface area contributed by atoms with Crippen molar-refractivity contribution < 1.29 is 43.2 Å². The highest BCUT2D eigenvalue weighted by atomic mass is 16.8. The molecule has 4 aliphatic heterocycles. The van der Waals surface area contributed by atoms with Crippen LogP contribution in [0.1, 0.15) is 73.6 Å². The highest BCUT2D eigenvalue weighted by Gasteiger charge is 3.01. The van der Waals surface area contributed by atoms with Crippen molar-refractivity contribution in [3.05, 3.63) is 11.1 Å². The zero-order chi connectivity index (χ0) is 28.8. The molecule has 7 aliphatic rings. The number of ether oxygens (including phenoxy) is 5. The Hall–Kier alpha value is -2.01. The molecule has 10 nitrogen and oxygen atoms in total. The summed E-state index contributed by atoms with van der Waals surface area (Å²) in [6, 6.07) is 0. The fourth-order valence-corrected chi connectivity index (χ4v) is 8.91. The van der Waals surface area contributed by atoms with E-state index in [2.05, 4.69) is 32.6 Å². The maximum Gasteiger partial charge on any atom is 0.334 e. The van der Waals surface area contributed by atoms with Crippen LogP contribution in [0.15, 0.2) is 11.1 Å². The molecule has 0 amide bonds. The maximum absolute atomic E-state index is 12.7. The Bertz CT molecular complexity index is 1140.